The SMILES string of the molecule is CC(C)C(C)NC(=O)Cn1cc(I)cn1. The Hall–Kier alpha value is -0.590. The highest BCUT2D eigenvalue weighted by atomic mass is 127. The quantitative estimate of drug-likeness (QED) is 0.857. The molecule has 1 heterocycles. The Morgan fingerprint density at radius 2 is 2.27 bits per heavy atom. The summed E-state index contributed by atoms with van der Waals surface area (Å²) in [4.78, 5) is 11.6. The summed E-state index contributed by atoms with van der Waals surface area (Å²) in [6.07, 6.45) is 3.58. The van der Waals surface area contributed by atoms with E-state index >= 15 is 0 Å². The molecule has 0 aliphatic heterocycles. The maximum Gasteiger partial charge on any atom is 0.241 e. The number of carbonyl (C=O) groups is 1. The first kappa shape index (κ1) is 12.5. The fraction of sp³-hybridized carbons (Fsp3) is 0.600. The molecule has 1 atom stereocenters. The number of carbonyl (C=O) groups excluding carboxylic acids is 1. The van der Waals surface area contributed by atoms with E-state index in [9.17, 15) is 4.79 Å². The van der Waals surface area contributed by atoms with Gasteiger partial charge in [0.15, 0.2) is 0 Å². The summed E-state index contributed by atoms with van der Waals surface area (Å²) in [7, 11) is 0. The molecule has 1 aromatic heterocycles. The van der Waals surface area contributed by atoms with E-state index in [1.807, 2.05) is 13.1 Å². The molecule has 0 bridgehead atoms. The van der Waals surface area contributed by atoms with Crippen molar-refractivity contribution in [1.82, 2.24) is 15.1 Å². The topological polar surface area (TPSA) is 46.9 Å². The molecule has 0 aromatic carbocycles. The van der Waals surface area contributed by atoms with Crippen LogP contribution in [0.25, 0.3) is 0 Å². The van der Waals surface area contributed by atoms with E-state index in [0.717, 1.165) is 3.57 Å². The van der Waals surface area contributed by atoms with Gasteiger partial charge in [0.25, 0.3) is 0 Å². The third-order valence-corrected chi connectivity index (χ3v) is 2.85. The second-order valence-corrected chi connectivity index (χ2v) is 5.20. The van der Waals surface area contributed by atoms with E-state index in [4.69, 9.17) is 0 Å². The van der Waals surface area contributed by atoms with Crippen LogP contribution in [-0.2, 0) is 11.3 Å². The summed E-state index contributed by atoms with van der Waals surface area (Å²) in [5, 5.41) is 6.99. The Kier molecular flexibility index (Phi) is 4.56. The van der Waals surface area contributed by atoms with Gasteiger partial charge in [-0.3, -0.25) is 9.48 Å². The van der Waals surface area contributed by atoms with Crippen molar-refractivity contribution in [2.45, 2.75) is 33.4 Å². The van der Waals surface area contributed by atoms with Crippen molar-refractivity contribution in [3.05, 3.63) is 16.0 Å². The monoisotopic (exact) mass is 321 g/mol. The Morgan fingerprint density at radius 3 is 2.73 bits per heavy atom. The molecule has 0 aliphatic carbocycles. The first-order valence-electron chi connectivity index (χ1n) is 4.96. The highest BCUT2D eigenvalue weighted by Crippen LogP contribution is 2.02. The van der Waals surface area contributed by atoms with Crippen molar-refractivity contribution in [3.63, 3.8) is 0 Å². The summed E-state index contributed by atoms with van der Waals surface area (Å²) >= 11 is 2.17. The molecule has 1 unspecified atom stereocenters. The average Bonchev–Trinajstić information content (AvgIpc) is 2.50. The molecule has 1 N–H and O–H groups in total. The van der Waals surface area contributed by atoms with Gasteiger partial charge in [0.2, 0.25) is 5.91 Å². The van der Waals surface area contributed by atoms with Gasteiger partial charge in [0, 0.05) is 12.2 Å². The minimum Gasteiger partial charge on any atom is -0.352 e. The zero-order chi connectivity index (χ0) is 11.4. The van der Waals surface area contributed by atoms with Gasteiger partial charge in [-0.1, -0.05) is 13.8 Å². The largest absolute Gasteiger partial charge is 0.352 e. The molecule has 0 radical (unpaired) electrons. The van der Waals surface area contributed by atoms with Crippen LogP contribution in [0.5, 0.6) is 0 Å². The third-order valence-electron chi connectivity index (χ3n) is 2.30. The predicted octanol–water partition coefficient (Wildman–Crippen LogP) is 1.65. The Morgan fingerprint density at radius 1 is 1.60 bits per heavy atom. The van der Waals surface area contributed by atoms with E-state index in [1.165, 1.54) is 0 Å². The maximum atomic E-state index is 11.6. The normalized spacial score (nSPS) is 12.9. The van der Waals surface area contributed by atoms with Gasteiger partial charge in [0.1, 0.15) is 6.54 Å². The lowest BCUT2D eigenvalue weighted by Gasteiger charge is -2.17. The van der Waals surface area contributed by atoms with Gasteiger partial charge in [-0.15, -0.1) is 0 Å². The van der Waals surface area contributed by atoms with Gasteiger partial charge in [-0.2, -0.15) is 5.10 Å². The van der Waals surface area contributed by atoms with E-state index in [1.54, 1.807) is 10.9 Å². The number of aromatic nitrogens is 2. The van der Waals surface area contributed by atoms with Crippen molar-refractivity contribution in [2.24, 2.45) is 5.92 Å². The second-order valence-electron chi connectivity index (χ2n) is 3.96. The average molecular weight is 321 g/mol. The van der Waals surface area contributed by atoms with Crippen LogP contribution in [0.3, 0.4) is 0 Å². The van der Waals surface area contributed by atoms with Gasteiger partial charge in [-0.25, -0.2) is 0 Å². The number of nitrogens with zero attached hydrogens (tertiary/aromatic N) is 2. The van der Waals surface area contributed by atoms with Crippen molar-refractivity contribution >= 4 is 28.5 Å². The number of rotatable bonds is 4. The van der Waals surface area contributed by atoms with E-state index in [-0.39, 0.29) is 11.9 Å². The van der Waals surface area contributed by atoms with E-state index < -0.39 is 0 Å². The molecule has 15 heavy (non-hydrogen) atoms. The van der Waals surface area contributed by atoms with Crippen molar-refractivity contribution in [1.29, 1.82) is 0 Å². The highest BCUT2D eigenvalue weighted by Gasteiger charge is 2.11. The third kappa shape index (κ3) is 4.19. The highest BCUT2D eigenvalue weighted by molar-refractivity contribution is 14.1. The molecule has 1 aromatic rings. The molecule has 1 rings (SSSR count). The molecule has 84 valence electrons. The van der Waals surface area contributed by atoms with Crippen LogP contribution in [0.1, 0.15) is 20.8 Å². The predicted molar refractivity (Wildman–Crippen MR) is 67.4 cm³/mol. The van der Waals surface area contributed by atoms with Crippen molar-refractivity contribution < 1.29 is 4.79 Å². The molecule has 0 fully saturated rings. The van der Waals surface area contributed by atoms with Crippen LogP contribution in [0.4, 0.5) is 0 Å². The second kappa shape index (κ2) is 5.48. The minimum absolute atomic E-state index is 0.00991. The number of amides is 1. The number of nitrogens with one attached hydrogen (secondary N) is 1. The van der Waals surface area contributed by atoms with Crippen LogP contribution in [0, 0.1) is 9.49 Å². The lowest BCUT2D eigenvalue weighted by atomic mass is 10.1. The van der Waals surface area contributed by atoms with Gasteiger partial charge < -0.3 is 5.32 Å². The zero-order valence-electron chi connectivity index (χ0n) is 9.20. The lowest BCUT2D eigenvalue weighted by Crippen LogP contribution is -2.38. The smallest absolute Gasteiger partial charge is 0.241 e. The molecule has 0 saturated heterocycles. The zero-order valence-corrected chi connectivity index (χ0v) is 11.4. The first-order chi connectivity index (χ1) is 6.99. The van der Waals surface area contributed by atoms with Gasteiger partial charge in [-0.05, 0) is 35.4 Å². The number of halogens is 1. The Balaban J connectivity index is 2.43. The number of hydrogen-bond acceptors (Lipinski definition) is 2. The molecule has 0 saturated carbocycles. The molecule has 0 spiro atoms. The first-order valence-corrected chi connectivity index (χ1v) is 6.04. The van der Waals surface area contributed by atoms with E-state index in [0.29, 0.717) is 12.5 Å². The summed E-state index contributed by atoms with van der Waals surface area (Å²) in [5.41, 5.74) is 0. The van der Waals surface area contributed by atoms with Crippen molar-refractivity contribution in [3.8, 4) is 0 Å². The summed E-state index contributed by atoms with van der Waals surface area (Å²) in [6.45, 7) is 6.47. The minimum atomic E-state index is 0.00991. The summed E-state index contributed by atoms with van der Waals surface area (Å²) < 4.78 is 2.68. The summed E-state index contributed by atoms with van der Waals surface area (Å²) in [6, 6.07) is 0.201. The van der Waals surface area contributed by atoms with Crippen LogP contribution in [0.2, 0.25) is 0 Å². The molecule has 0 aliphatic rings. The van der Waals surface area contributed by atoms with Crippen LogP contribution in [0.15, 0.2) is 12.4 Å². The molecular weight excluding hydrogens is 305 g/mol. The van der Waals surface area contributed by atoms with Crippen LogP contribution >= 0.6 is 22.6 Å². The molecule has 1 amide bonds. The standard InChI is InChI=1S/C10H16IN3O/c1-7(2)8(3)13-10(15)6-14-5-9(11)4-12-14/h4-5,7-8H,6H2,1-3H3,(H,13,15). The Labute approximate surface area is 104 Å². The molecule has 5 heteroatoms. The fourth-order valence-corrected chi connectivity index (χ4v) is 1.48. The molecule has 4 nitrogen and oxygen atoms in total. The fourth-order valence-electron chi connectivity index (χ4n) is 1.04. The summed E-state index contributed by atoms with van der Waals surface area (Å²) in [5.74, 6) is 0.461. The molecular formula is C10H16IN3O. The van der Waals surface area contributed by atoms with E-state index in [2.05, 4.69) is 46.9 Å². The Bertz CT molecular complexity index is 335. The van der Waals surface area contributed by atoms with Gasteiger partial charge >= 0.3 is 0 Å². The van der Waals surface area contributed by atoms with Crippen molar-refractivity contribution in [2.75, 3.05) is 0 Å². The lowest BCUT2D eigenvalue weighted by molar-refractivity contribution is -0.122. The van der Waals surface area contributed by atoms with Gasteiger partial charge in [0.05, 0.1) is 9.77 Å². The van der Waals surface area contributed by atoms with Crippen LogP contribution in [-0.4, -0.2) is 21.7 Å². The van der Waals surface area contributed by atoms with Crippen LogP contribution < -0.4 is 5.32 Å². The maximum absolute atomic E-state index is 11.6. The number of hydrogen-bond donors (Lipinski definition) is 1.